The molecular formula is C29H30F3N3O4. The quantitative estimate of drug-likeness (QED) is 0.263. The van der Waals surface area contributed by atoms with E-state index >= 15 is 0 Å². The molecule has 0 bridgehead atoms. The molecule has 0 unspecified atom stereocenters. The number of nitrogens with zero attached hydrogens (tertiary/aromatic N) is 1. The second kappa shape index (κ2) is 12.6. The summed E-state index contributed by atoms with van der Waals surface area (Å²) < 4.78 is 49.1. The molecule has 39 heavy (non-hydrogen) atoms. The third kappa shape index (κ3) is 7.06. The van der Waals surface area contributed by atoms with Gasteiger partial charge in [0.2, 0.25) is 0 Å². The van der Waals surface area contributed by atoms with Gasteiger partial charge in [-0.2, -0.15) is 8.78 Å². The molecule has 2 heterocycles. The molecule has 0 atom stereocenters. The van der Waals surface area contributed by atoms with Crippen molar-refractivity contribution in [2.45, 2.75) is 38.3 Å². The first-order valence-corrected chi connectivity index (χ1v) is 12.6. The maximum atomic E-state index is 14.2. The van der Waals surface area contributed by atoms with Crippen LogP contribution in [-0.2, 0) is 9.53 Å². The van der Waals surface area contributed by atoms with E-state index in [1.165, 1.54) is 17.5 Å². The molecule has 7 nitrogen and oxygen atoms in total. The maximum absolute atomic E-state index is 14.2. The summed E-state index contributed by atoms with van der Waals surface area (Å²) in [5.74, 6) is 0.919. The molecule has 0 radical (unpaired) electrons. The molecule has 0 spiro atoms. The van der Waals surface area contributed by atoms with Gasteiger partial charge in [0.1, 0.15) is 12.4 Å². The Morgan fingerprint density at radius 2 is 1.95 bits per heavy atom. The highest BCUT2D eigenvalue weighted by Crippen LogP contribution is 2.39. The molecule has 1 aliphatic heterocycles. The third-order valence-corrected chi connectivity index (χ3v) is 6.90. The molecular weight excluding hydrogens is 511 g/mol. The number of carboxylic acid groups (broad SMARTS) is 1. The zero-order chi connectivity index (χ0) is 27.9. The van der Waals surface area contributed by atoms with Gasteiger partial charge in [0.15, 0.2) is 11.6 Å². The molecule has 2 aliphatic rings. The van der Waals surface area contributed by atoms with Crippen LogP contribution in [0.25, 0.3) is 17.0 Å². The fourth-order valence-electron chi connectivity index (χ4n) is 5.07. The first-order valence-electron chi connectivity index (χ1n) is 12.6. The molecule has 0 amide bonds. The maximum Gasteiger partial charge on any atom is 0.387 e. The molecule has 5 rings (SSSR count). The molecule has 206 valence electrons. The van der Waals surface area contributed by atoms with Crippen LogP contribution in [0.15, 0.2) is 48.0 Å². The Bertz CT molecular complexity index is 1340. The highest BCUT2D eigenvalue weighted by molar-refractivity contribution is 5.96. The van der Waals surface area contributed by atoms with E-state index in [4.69, 9.17) is 16.9 Å². The minimum Gasteiger partial charge on any atom is -0.478 e. The zero-order valence-corrected chi connectivity index (χ0v) is 21.2. The van der Waals surface area contributed by atoms with Crippen LogP contribution in [0.5, 0.6) is 5.75 Å². The minimum atomic E-state index is -3.15. The number of ether oxygens (including phenoxy) is 2. The van der Waals surface area contributed by atoms with Crippen LogP contribution < -0.4 is 15.4 Å². The number of fused-ring (bicyclic) bond motifs is 2. The van der Waals surface area contributed by atoms with E-state index in [0.717, 1.165) is 43.1 Å². The zero-order valence-electron chi connectivity index (χ0n) is 21.2. The molecule has 1 aromatic heterocycles. The van der Waals surface area contributed by atoms with Gasteiger partial charge in [0.05, 0.1) is 18.7 Å². The van der Waals surface area contributed by atoms with E-state index in [2.05, 4.69) is 15.6 Å². The van der Waals surface area contributed by atoms with Gasteiger partial charge in [-0.3, -0.25) is 0 Å². The number of anilines is 2. The molecule has 0 saturated heterocycles. The number of nitrogen functional groups attached to an aromatic ring is 1. The lowest BCUT2D eigenvalue weighted by molar-refractivity contribution is -0.132. The van der Waals surface area contributed by atoms with Gasteiger partial charge < -0.3 is 30.2 Å². The van der Waals surface area contributed by atoms with E-state index < -0.39 is 24.1 Å². The number of carbonyl (C=O) groups is 1. The van der Waals surface area contributed by atoms with Crippen molar-refractivity contribution in [2.24, 2.45) is 5.92 Å². The molecule has 2 aromatic carbocycles. The van der Waals surface area contributed by atoms with Crippen molar-refractivity contribution in [3.05, 3.63) is 59.4 Å². The Balaban J connectivity index is 0.000000292. The third-order valence-electron chi connectivity index (χ3n) is 6.90. The number of aromatic nitrogens is 1. The molecule has 1 saturated carbocycles. The largest absolute Gasteiger partial charge is 0.478 e. The molecule has 10 heteroatoms. The Morgan fingerprint density at radius 1 is 1.21 bits per heavy atom. The molecule has 4 N–H and O–H groups in total. The number of para-hydroxylation sites is 1. The lowest BCUT2D eigenvalue weighted by Gasteiger charge is -2.41. The summed E-state index contributed by atoms with van der Waals surface area (Å²) in [7, 11) is 0. The molecule has 1 aliphatic carbocycles. The fourth-order valence-corrected chi connectivity index (χ4v) is 5.07. The van der Waals surface area contributed by atoms with E-state index in [-0.39, 0.29) is 24.8 Å². The Morgan fingerprint density at radius 3 is 2.62 bits per heavy atom. The lowest BCUT2D eigenvalue weighted by Crippen LogP contribution is -2.42. The number of terminal acetylenes is 1. The predicted molar refractivity (Wildman–Crippen MR) is 144 cm³/mol. The Labute approximate surface area is 224 Å². The highest BCUT2D eigenvalue weighted by Gasteiger charge is 2.32. The van der Waals surface area contributed by atoms with Crippen molar-refractivity contribution in [3.63, 3.8) is 0 Å². The predicted octanol–water partition coefficient (Wildman–Crippen LogP) is 5.67. The van der Waals surface area contributed by atoms with Gasteiger partial charge in [-0.15, -0.1) is 6.42 Å². The summed E-state index contributed by atoms with van der Waals surface area (Å²) in [6, 6.07) is 12.2. The number of halogens is 3. The van der Waals surface area contributed by atoms with Crippen molar-refractivity contribution in [2.75, 3.05) is 30.4 Å². The second-order valence-corrected chi connectivity index (χ2v) is 9.53. The van der Waals surface area contributed by atoms with Gasteiger partial charge in [-0.05, 0) is 55.9 Å². The van der Waals surface area contributed by atoms with E-state index in [1.807, 2.05) is 35.2 Å². The van der Waals surface area contributed by atoms with Gasteiger partial charge in [0, 0.05) is 34.3 Å². The summed E-state index contributed by atoms with van der Waals surface area (Å²) in [5.41, 5.74) is 7.60. The number of benzene rings is 2. The van der Waals surface area contributed by atoms with Crippen molar-refractivity contribution >= 4 is 34.5 Å². The van der Waals surface area contributed by atoms with Crippen LogP contribution >= 0.6 is 0 Å². The van der Waals surface area contributed by atoms with E-state index in [9.17, 15) is 23.1 Å². The highest BCUT2D eigenvalue weighted by atomic mass is 19.3. The SMILES string of the molecule is C#CCOCC1CCC(N2CC(C(=O)O)=Cc3cc(F)c(OC(F)F)cc32)CC1.Nc1cc2ccccc2[nH]1. The number of carboxylic acids is 1. The number of alkyl halides is 2. The van der Waals surface area contributed by atoms with Gasteiger partial charge in [0.25, 0.3) is 0 Å². The van der Waals surface area contributed by atoms with Crippen molar-refractivity contribution < 1.29 is 32.5 Å². The first-order chi connectivity index (χ1) is 18.7. The first kappa shape index (κ1) is 27.9. The van der Waals surface area contributed by atoms with Gasteiger partial charge in [-0.1, -0.05) is 24.1 Å². The number of H-pyrrole nitrogens is 1. The lowest BCUT2D eigenvalue weighted by atomic mass is 9.84. The number of aliphatic carboxylic acids is 1. The van der Waals surface area contributed by atoms with Crippen LogP contribution in [0.4, 0.5) is 24.7 Å². The summed E-state index contributed by atoms with van der Waals surface area (Å²) in [6.07, 6.45) is 9.85. The molecule has 3 aromatic rings. The summed E-state index contributed by atoms with van der Waals surface area (Å²) in [5, 5.41) is 10.6. The number of rotatable bonds is 7. The Hall–Kier alpha value is -4.10. The van der Waals surface area contributed by atoms with Crippen LogP contribution in [0, 0.1) is 24.1 Å². The van der Waals surface area contributed by atoms with Crippen LogP contribution in [0.2, 0.25) is 0 Å². The van der Waals surface area contributed by atoms with Crippen molar-refractivity contribution in [3.8, 4) is 18.1 Å². The fraction of sp³-hybridized carbons (Fsp3) is 0.345. The van der Waals surface area contributed by atoms with Gasteiger partial charge >= 0.3 is 12.6 Å². The second-order valence-electron chi connectivity index (χ2n) is 9.53. The van der Waals surface area contributed by atoms with Crippen molar-refractivity contribution in [1.82, 2.24) is 4.98 Å². The van der Waals surface area contributed by atoms with Crippen LogP contribution in [0.3, 0.4) is 0 Å². The summed E-state index contributed by atoms with van der Waals surface area (Å²) >= 11 is 0. The van der Waals surface area contributed by atoms with Crippen molar-refractivity contribution in [1.29, 1.82) is 0 Å². The number of nitrogens with one attached hydrogen (secondary N) is 1. The van der Waals surface area contributed by atoms with Crippen LogP contribution in [0.1, 0.15) is 31.2 Å². The monoisotopic (exact) mass is 541 g/mol. The summed E-state index contributed by atoms with van der Waals surface area (Å²) in [4.78, 5) is 16.4. The average Bonchev–Trinajstić information content (AvgIpc) is 3.29. The summed E-state index contributed by atoms with van der Waals surface area (Å²) in [6.45, 7) is -2.19. The van der Waals surface area contributed by atoms with Crippen LogP contribution in [-0.4, -0.2) is 48.5 Å². The molecule has 1 fully saturated rings. The van der Waals surface area contributed by atoms with Gasteiger partial charge in [-0.25, -0.2) is 9.18 Å². The van der Waals surface area contributed by atoms with E-state index in [1.54, 1.807) is 0 Å². The van der Waals surface area contributed by atoms with E-state index in [0.29, 0.717) is 23.8 Å². The number of hydrogen-bond acceptors (Lipinski definition) is 5. The topological polar surface area (TPSA) is 101 Å². The standard InChI is InChI=1S/C21H22F3NO4.C8H8N2/c1-2-7-28-12-13-3-5-16(6-4-13)25-11-15(20(26)27)8-14-9-17(22)19(10-18(14)25)29-21(23)24;9-8-5-6-3-1-2-4-7(6)10-8/h1,8-10,13,16,21H,3-7,11-12H2,(H,26,27);1-5,10H,9H2. The number of hydrogen-bond donors (Lipinski definition) is 3. The normalized spacial score (nSPS) is 18.5. The number of nitrogens with two attached hydrogens (primary N) is 1. The Kier molecular flexibility index (Phi) is 9.04. The smallest absolute Gasteiger partial charge is 0.387 e. The minimum absolute atomic E-state index is 0.00513. The number of aromatic amines is 1. The average molecular weight is 542 g/mol.